The van der Waals surface area contributed by atoms with E-state index in [1.165, 1.54) is 5.56 Å². The van der Waals surface area contributed by atoms with E-state index in [0.717, 1.165) is 23.2 Å². The third-order valence-electron chi connectivity index (χ3n) is 7.89. The zero-order valence-electron chi connectivity index (χ0n) is 24.1. The number of hydrogen-bond acceptors (Lipinski definition) is 4. The average molecular weight is 554 g/mol. The van der Waals surface area contributed by atoms with Gasteiger partial charge in [0.05, 0.1) is 12.5 Å². The second-order valence-corrected chi connectivity index (χ2v) is 12.1. The van der Waals surface area contributed by atoms with Gasteiger partial charge in [0.15, 0.2) is 0 Å². The summed E-state index contributed by atoms with van der Waals surface area (Å²) >= 11 is 0. The predicted octanol–water partition coefficient (Wildman–Crippen LogP) is 5.55. The minimum absolute atomic E-state index is 0.0633. The minimum atomic E-state index is -0.576. The van der Waals surface area contributed by atoms with E-state index in [0.29, 0.717) is 26.2 Å². The van der Waals surface area contributed by atoms with Crippen molar-refractivity contribution in [3.8, 4) is 0 Å². The van der Waals surface area contributed by atoms with Crippen molar-refractivity contribution in [3.05, 3.63) is 102 Å². The van der Waals surface area contributed by atoms with Gasteiger partial charge in [-0.25, -0.2) is 4.79 Å². The first kappa shape index (κ1) is 28.4. The summed E-state index contributed by atoms with van der Waals surface area (Å²) in [4.78, 5) is 43.4. The molecule has 2 heterocycles. The van der Waals surface area contributed by atoms with Crippen LogP contribution in [0.3, 0.4) is 0 Å². The van der Waals surface area contributed by atoms with Crippen LogP contribution in [0.1, 0.15) is 49.8 Å². The summed E-state index contributed by atoms with van der Waals surface area (Å²) < 4.78 is 5.65. The van der Waals surface area contributed by atoms with Crippen molar-refractivity contribution < 1.29 is 19.1 Å². The Labute approximate surface area is 242 Å². The molecule has 0 aromatic heterocycles. The number of nitrogens with zero attached hydrogens (tertiary/aromatic N) is 2. The van der Waals surface area contributed by atoms with Gasteiger partial charge in [-0.05, 0) is 61.8 Å². The van der Waals surface area contributed by atoms with E-state index >= 15 is 0 Å². The van der Waals surface area contributed by atoms with Crippen LogP contribution in [-0.2, 0) is 27.3 Å². The molecule has 7 heteroatoms. The van der Waals surface area contributed by atoms with Gasteiger partial charge in [-0.2, -0.15) is 0 Å². The molecule has 2 aliphatic rings. The molecule has 1 saturated heterocycles. The minimum Gasteiger partial charge on any atom is -0.444 e. The highest BCUT2D eigenvalue weighted by Crippen LogP contribution is 2.37. The van der Waals surface area contributed by atoms with Gasteiger partial charge in [0.2, 0.25) is 11.8 Å². The van der Waals surface area contributed by atoms with Crippen LogP contribution in [0.2, 0.25) is 0 Å². The largest absolute Gasteiger partial charge is 0.444 e. The number of ether oxygens (including phenoxy) is 1. The van der Waals surface area contributed by atoms with Crippen LogP contribution in [0.15, 0.2) is 84.9 Å². The van der Waals surface area contributed by atoms with Crippen molar-refractivity contribution in [2.45, 2.75) is 51.7 Å². The fourth-order valence-electron chi connectivity index (χ4n) is 5.88. The molecule has 3 amide bonds. The normalized spacial score (nSPS) is 20.5. The molecule has 3 aromatic carbocycles. The summed E-state index contributed by atoms with van der Waals surface area (Å²) in [6, 6.07) is 27.8. The lowest BCUT2D eigenvalue weighted by Crippen LogP contribution is -2.42. The SMILES string of the molecule is CC(C)(C)OC(=O)N1C[C@@H](CNC(=O)C2CC(=O)N(Cc3ccccc3)c3ccccc32)[C@H](Cc2ccccc2)C1. The molecular formula is C34H39N3O4. The van der Waals surface area contributed by atoms with E-state index in [1.807, 2.05) is 93.6 Å². The van der Waals surface area contributed by atoms with E-state index in [-0.39, 0.29) is 36.2 Å². The number of carbonyl (C=O) groups excluding carboxylic acids is 3. The summed E-state index contributed by atoms with van der Waals surface area (Å²) in [6.07, 6.45) is 0.604. The average Bonchev–Trinajstić information content (AvgIpc) is 3.36. The van der Waals surface area contributed by atoms with Crippen LogP contribution in [0.5, 0.6) is 0 Å². The molecule has 3 atom stereocenters. The third kappa shape index (κ3) is 6.96. The van der Waals surface area contributed by atoms with Crippen molar-refractivity contribution >= 4 is 23.6 Å². The summed E-state index contributed by atoms with van der Waals surface area (Å²) in [6.45, 7) is 7.57. The van der Waals surface area contributed by atoms with Crippen molar-refractivity contribution in [3.63, 3.8) is 0 Å². The van der Waals surface area contributed by atoms with Gasteiger partial charge in [0.1, 0.15) is 5.60 Å². The number of benzene rings is 3. The monoisotopic (exact) mass is 553 g/mol. The molecule has 3 aromatic rings. The fraction of sp³-hybridized carbons (Fsp3) is 0.382. The van der Waals surface area contributed by atoms with E-state index in [2.05, 4.69) is 17.4 Å². The number of rotatable bonds is 7. The number of fused-ring (bicyclic) bond motifs is 1. The predicted molar refractivity (Wildman–Crippen MR) is 159 cm³/mol. The quantitative estimate of drug-likeness (QED) is 0.416. The molecule has 0 radical (unpaired) electrons. The fourth-order valence-corrected chi connectivity index (χ4v) is 5.88. The Balaban J connectivity index is 1.29. The van der Waals surface area contributed by atoms with Gasteiger partial charge >= 0.3 is 6.09 Å². The highest BCUT2D eigenvalue weighted by Gasteiger charge is 2.39. The number of hydrogen-bond donors (Lipinski definition) is 1. The Morgan fingerprint density at radius 1 is 0.854 bits per heavy atom. The smallest absolute Gasteiger partial charge is 0.410 e. The lowest BCUT2D eigenvalue weighted by molar-refractivity contribution is -0.127. The van der Waals surface area contributed by atoms with Crippen molar-refractivity contribution in [1.82, 2.24) is 10.2 Å². The van der Waals surface area contributed by atoms with E-state index in [4.69, 9.17) is 4.74 Å². The van der Waals surface area contributed by atoms with Gasteiger partial charge in [-0.3, -0.25) is 9.59 Å². The van der Waals surface area contributed by atoms with Gasteiger partial charge in [-0.1, -0.05) is 78.9 Å². The first-order valence-electron chi connectivity index (χ1n) is 14.4. The maximum Gasteiger partial charge on any atom is 0.410 e. The number of amides is 3. The maximum atomic E-state index is 13.6. The molecule has 214 valence electrons. The number of likely N-dealkylation sites (tertiary alicyclic amines) is 1. The van der Waals surface area contributed by atoms with Crippen LogP contribution in [0.25, 0.3) is 0 Å². The highest BCUT2D eigenvalue weighted by molar-refractivity contribution is 6.02. The summed E-state index contributed by atoms with van der Waals surface area (Å²) in [7, 11) is 0. The second kappa shape index (κ2) is 12.2. The van der Waals surface area contributed by atoms with Crippen LogP contribution < -0.4 is 10.2 Å². The number of carbonyl (C=O) groups is 3. The van der Waals surface area contributed by atoms with Crippen molar-refractivity contribution in [1.29, 1.82) is 0 Å². The molecule has 0 aliphatic carbocycles. The summed E-state index contributed by atoms with van der Waals surface area (Å²) in [5.41, 5.74) is 3.31. The summed E-state index contributed by atoms with van der Waals surface area (Å²) in [5.74, 6) is -0.532. The molecule has 0 saturated carbocycles. The first-order valence-corrected chi connectivity index (χ1v) is 14.4. The molecule has 1 unspecified atom stereocenters. The molecule has 0 spiro atoms. The Kier molecular flexibility index (Phi) is 8.43. The van der Waals surface area contributed by atoms with Gasteiger partial charge in [0, 0.05) is 31.7 Å². The van der Waals surface area contributed by atoms with Gasteiger partial charge in [0.25, 0.3) is 0 Å². The Morgan fingerprint density at radius 2 is 1.46 bits per heavy atom. The van der Waals surface area contributed by atoms with Crippen LogP contribution in [-0.4, -0.2) is 48.0 Å². The molecule has 1 fully saturated rings. The van der Waals surface area contributed by atoms with Gasteiger partial charge < -0.3 is 19.9 Å². The molecule has 5 rings (SSSR count). The number of anilines is 1. The van der Waals surface area contributed by atoms with Crippen molar-refractivity contribution in [2.75, 3.05) is 24.5 Å². The van der Waals surface area contributed by atoms with Crippen LogP contribution in [0.4, 0.5) is 10.5 Å². The maximum absolute atomic E-state index is 13.6. The highest BCUT2D eigenvalue weighted by atomic mass is 16.6. The first-order chi connectivity index (χ1) is 19.7. The molecule has 7 nitrogen and oxygen atoms in total. The third-order valence-corrected chi connectivity index (χ3v) is 7.89. The second-order valence-electron chi connectivity index (χ2n) is 12.1. The molecule has 41 heavy (non-hydrogen) atoms. The topological polar surface area (TPSA) is 79.0 Å². The Bertz CT molecular complexity index is 1370. The van der Waals surface area contributed by atoms with Crippen LogP contribution in [0, 0.1) is 11.8 Å². The van der Waals surface area contributed by atoms with Crippen LogP contribution >= 0.6 is 0 Å². The van der Waals surface area contributed by atoms with E-state index in [1.54, 1.807) is 9.80 Å². The number of para-hydroxylation sites is 1. The lowest BCUT2D eigenvalue weighted by atomic mass is 9.87. The number of nitrogens with one attached hydrogen (secondary N) is 1. The van der Waals surface area contributed by atoms with E-state index < -0.39 is 11.5 Å². The van der Waals surface area contributed by atoms with Gasteiger partial charge in [-0.15, -0.1) is 0 Å². The molecular weight excluding hydrogens is 514 g/mol. The zero-order valence-corrected chi connectivity index (χ0v) is 24.1. The Hall–Kier alpha value is -4.13. The van der Waals surface area contributed by atoms with E-state index in [9.17, 15) is 14.4 Å². The summed E-state index contributed by atoms with van der Waals surface area (Å²) in [5, 5.41) is 3.16. The molecule has 1 N–H and O–H groups in total. The standard InChI is InChI=1S/C34H39N3O4/c1-34(2,3)41-33(40)36-22-26(18-24-12-6-4-7-13-24)27(23-36)20-35-32(39)29-19-31(38)37(21-25-14-8-5-9-15-25)30-17-11-10-16-28(29)30/h4-17,26-27,29H,18-23H2,1-3H3,(H,35,39)/t26-,27-,29?/m1/s1. The molecule has 0 bridgehead atoms. The lowest BCUT2D eigenvalue weighted by Gasteiger charge is -2.34. The Morgan fingerprint density at radius 3 is 2.15 bits per heavy atom. The molecule has 2 aliphatic heterocycles. The zero-order chi connectivity index (χ0) is 29.0. The van der Waals surface area contributed by atoms with Crippen molar-refractivity contribution in [2.24, 2.45) is 11.8 Å².